The molecule has 9 nitrogen and oxygen atoms in total. The Morgan fingerprint density at radius 1 is 1.39 bits per heavy atom. The summed E-state index contributed by atoms with van der Waals surface area (Å²) in [4.78, 5) is 33.2. The average molecular weight is 324 g/mol. The maximum absolute atomic E-state index is 12.2. The van der Waals surface area contributed by atoms with Crippen LogP contribution < -0.4 is 14.8 Å². The van der Waals surface area contributed by atoms with Crippen LogP contribution in [0, 0.1) is 0 Å². The molecule has 9 heteroatoms. The van der Waals surface area contributed by atoms with E-state index in [4.69, 9.17) is 14.2 Å². The topological polar surface area (TPSA) is 103 Å². The predicted molar refractivity (Wildman–Crippen MR) is 79.5 cm³/mol. The fourth-order valence-electron chi connectivity index (χ4n) is 2.14. The number of rotatable bonds is 5. The summed E-state index contributed by atoms with van der Waals surface area (Å²) in [6.45, 7) is 3.26. The minimum atomic E-state index is -0.396. The molecule has 2 heterocycles. The molecule has 1 atom stereocenters. The van der Waals surface area contributed by atoms with Crippen LogP contribution in [0.3, 0.4) is 0 Å². The van der Waals surface area contributed by atoms with E-state index in [1.165, 1.54) is 27.2 Å². The number of carbonyl (C=O) groups is 2. The normalized spacial score (nSPS) is 17.5. The molecule has 1 aliphatic rings. The summed E-state index contributed by atoms with van der Waals surface area (Å²) in [7, 11) is 2.85. The molecular weight excluding hydrogens is 304 g/mol. The quantitative estimate of drug-likeness (QED) is 0.776. The Bertz CT molecular complexity index is 558. The Morgan fingerprint density at radius 2 is 2.17 bits per heavy atom. The monoisotopic (exact) mass is 324 g/mol. The van der Waals surface area contributed by atoms with E-state index in [-0.39, 0.29) is 36.1 Å². The standard InChI is InChI=1S/C14H20N4O5/c1-9(19)18-4-5-23-10(8-18)7-15-13(20)11-6-12(21-2)17-14(16-11)22-3/h6,10H,4-5,7-8H2,1-3H3,(H,15,20). The van der Waals surface area contributed by atoms with Crippen LogP contribution >= 0.6 is 0 Å². The van der Waals surface area contributed by atoms with Crippen molar-refractivity contribution < 1.29 is 23.8 Å². The number of nitrogens with zero attached hydrogens (tertiary/aromatic N) is 3. The van der Waals surface area contributed by atoms with Crippen molar-refractivity contribution in [3.05, 3.63) is 11.8 Å². The van der Waals surface area contributed by atoms with Crippen molar-refractivity contribution in [2.75, 3.05) is 40.5 Å². The number of hydrogen-bond acceptors (Lipinski definition) is 7. The van der Waals surface area contributed by atoms with Crippen LogP contribution in [0.25, 0.3) is 0 Å². The molecule has 2 amide bonds. The van der Waals surface area contributed by atoms with Crippen molar-refractivity contribution in [3.8, 4) is 11.9 Å². The maximum Gasteiger partial charge on any atom is 0.320 e. The molecule has 0 aliphatic carbocycles. The van der Waals surface area contributed by atoms with Gasteiger partial charge in [-0.2, -0.15) is 9.97 Å². The van der Waals surface area contributed by atoms with Gasteiger partial charge in [0.1, 0.15) is 5.69 Å². The first-order valence-electron chi connectivity index (χ1n) is 7.16. The second kappa shape index (κ2) is 7.73. The molecule has 0 aromatic carbocycles. The first-order chi connectivity index (χ1) is 11.0. The van der Waals surface area contributed by atoms with Crippen molar-refractivity contribution in [1.29, 1.82) is 0 Å². The number of aromatic nitrogens is 2. The first-order valence-corrected chi connectivity index (χ1v) is 7.16. The third-order valence-electron chi connectivity index (χ3n) is 3.38. The average Bonchev–Trinajstić information content (AvgIpc) is 2.59. The summed E-state index contributed by atoms with van der Waals surface area (Å²) in [5.74, 6) is -0.166. The van der Waals surface area contributed by atoms with Gasteiger partial charge in [0.15, 0.2) is 0 Å². The Kier molecular flexibility index (Phi) is 5.69. The molecule has 2 rings (SSSR count). The second-order valence-corrected chi connectivity index (χ2v) is 4.95. The third kappa shape index (κ3) is 4.52. The fraction of sp³-hybridized carbons (Fsp3) is 0.571. The molecule has 126 valence electrons. The molecular formula is C14H20N4O5. The molecule has 1 fully saturated rings. The molecule has 1 saturated heterocycles. The number of hydrogen-bond donors (Lipinski definition) is 1. The molecule has 1 aromatic rings. The van der Waals surface area contributed by atoms with E-state index in [0.29, 0.717) is 19.7 Å². The Hall–Kier alpha value is -2.42. The molecule has 1 aromatic heterocycles. The van der Waals surface area contributed by atoms with Gasteiger partial charge in [-0.15, -0.1) is 0 Å². The van der Waals surface area contributed by atoms with Gasteiger partial charge in [-0.05, 0) is 0 Å². The number of methoxy groups -OCH3 is 2. The largest absolute Gasteiger partial charge is 0.481 e. The van der Waals surface area contributed by atoms with Gasteiger partial charge in [0.2, 0.25) is 11.8 Å². The van der Waals surface area contributed by atoms with Crippen LogP contribution in [0.2, 0.25) is 0 Å². The molecule has 1 N–H and O–H groups in total. The zero-order chi connectivity index (χ0) is 16.8. The van der Waals surface area contributed by atoms with Gasteiger partial charge < -0.3 is 24.4 Å². The van der Waals surface area contributed by atoms with Crippen LogP contribution in [-0.2, 0) is 9.53 Å². The van der Waals surface area contributed by atoms with Crippen molar-refractivity contribution in [3.63, 3.8) is 0 Å². The van der Waals surface area contributed by atoms with Gasteiger partial charge in [0.25, 0.3) is 5.91 Å². The van der Waals surface area contributed by atoms with E-state index in [9.17, 15) is 9.59 Å². The highest BCUT2D eigenvalue weighted by Crippen LogP contribution is 2.13. The van der Waals surface area contributed by atoms with Gasteiger partial charge in [0, 0.05) is 32.6 Å². The lowest BCUT2D eigenvalue weighted by Crippen LogP contribution is -2.49. The summed E-state index contributed by atoms with van der Waals surface area (Å²) < 4.78 is 15.5. The Balaban J connectivity index is 1.95. The Morgan fingerprint density at radius 3 is 2.83 bits per heavy atom. The lowest BCUT2D eigenvalue weighted by atomic mass is 10.2. The van der Waals surface area contributed by atoms with E-state index >= 15 is 0 Å². The SMILES string of the molecule is COc1cc(C(=O)NCC2CN(C(C)=O)CCO2)nc(OC)n1. The summed E-state index contributed by atoms with van der Waals surface area (Å²) >= 11 is 0. The fourth-order valence-corrected chi connectivity index (χ4v) is 2.14. The van der Waals surface area contributed by atoms with Gasteiger partial charge in [-0.1, -0.05) is 0 Å². The van der Waals surface area contributed by atoms with Crippen molar-refractivity contribution in [2.45, 2.75) is 13.0 Å². The minimum absolute atomic E-state index is 0.00472. The molecule has 0 bridgehead atoms. The van der Waals surface area contributed by atoms with Gasteiger partial charge in [-0.3, -0.25) is 9.59 Å². The van der Waals surface area contributed by atoms with Crippen molar-refractivity contribution >= 4 is 11.8 Å². The lowest BCUT2D eigenvalue weighted by Gasteiger charge is -2.32. The van der Waals surface area contributed by atoms with E-state index < -0.39 is 5.91 Å². The predicted octanol–water partition coefficient (Wildman–Crippen LogP) is -0.529. The van der Waals surface area contributed by atoms with Gasteiger partial charge in [-0.25, -0.2) is 0 Å². The van der Waals surface area contributed by atoms with Crippen LogP contribution in [0.5, 0.6) is 11.9 Å². The summed E-state index contributed by atoms with van der Waals surface area (Å²) in [5.41, 5.74) is 0.132. The molecule has 0 radical (unpaired) electrons. The maximum atomic E-state index is 12.2. The Labute approximate surface area is 133 Å². The number of ether oxygens (including phenoxy) is 3. The highest BCUT2D eigenvalue weighted by Gasteiger charge is 2.23. The van der Waals surface area contributed by atoms with Gasteiger partial charge in [0.05, 0.1) is 26.9 Å². The number of nitrogens with one attached hydrogen (secondary N) is 1. The second-order valence-electron chi connectivity index (χ2n) is 4.95. The van der Waals surface area contributed by atoms with E-state index in [1.807, 2.05) is 0 Å². The van der Waals surface area contributed by atoms with E-state index in [1.54, 1.807) is 4.90 Å². The molecule has 1 aliphatic heterocycles. The molecule has 1 unspecified atom stereocenters. The third-order valence-corrected chi connectivity index (χ3v) is 3.38. The smallest absolute Gasteiger partial charge is 0.320 e. The van der Waals surface area contributed by atoms with Crippen LogP contribution in [0.15, 0.2) is 6.07 Å². The van der Waals surface area contributed by atoms with Crippen molar-refractivity contribution in [2.24, 2.45) is 0 Å². The number of amides is 2. The zero-order valence-electron chi connectivity index (χ0n) is 13.4. The molecule has 0 saturated carbocycles. The summed E-state index contributed by atoms with van der Waals surface area (Å²) in [5, 5.41) is 2.73. The number of carbonyl (C=O) groups excluding carboxylic acids is 2. The highest BCUT2D eigenvalue weighted by atomic mass is 16.5. The van der Waals surface area contributed by atoms with Crippen LogP contribution in [0.4, 0.5) is 0 Å². The van der Waals surface area contributed by atoms with Crippen molar-refractivity contribution in [1.82, 2.24) is 20.2 Å². The highest BCUT2D eigenvalue weighted by molar-refractivity contribution is 5.92. The van der Waals surface area contributed by atoms with E-state index in [0.717, 1.165) is 0 Å². The molecule has 0 spiro atoms. The van der Waals surface area contributed by atoms with Crippen LogP contribution in [0.1, 0.15) is 17.4 Å². The van der Waals surface area contributed by atoms with Crippen LogP contribution in [-0.4, -0.2) is 73.2 Å². The molecule has 23 heavy (non-hydrogen) atoms. The van der Waals surface area contributed by atoms with Gasteiger partial charge >= 0.3 is 6.01 Å². The first kappa shape index (κ1) is 16.9. The minimum Gasteiger partial charge on any atom is -0.481 e. The van der Waals surface area contributed by atoms with E-state index in [2.05, 4.69) is 15.3 Å². The summed E-state index contributed by atoms with van der Waals surface area (Å²) in [6, 6.07) is 1.47. The lowest BCUT2D eigenvalue weighted by molar-refractivity contribution is -0.136. The number of morpholine rings is 1. The summed E-state index contributed by atoms with van der Waals surface area (Å²) in [6.07, 6.45) is -0.248. The zero-order valence-corrected chi connectivity index (χ0v) is 13.4.